The van der Waals surface area contributed by atoms with Crippen LogP contribution in [0.4, 0.5) is 0 Å². The Bertz CT molecular complexity index is 1160. The van der Waals surface area contributed by atoms with Gasteiger partial charge in [-0.25, -0.2) is 9.59 Å². The highest BCUT2D eigenvalue weighted by molar-refractivity contribution is 5.86. The van der Waals surface area contributed by atoms with E-state index in [1.165, 1.54) is 69.8 Å². The van der Waals surface area contributed by atoms with E-state index in [9.17, 15) is 29.4 Å². The average Bonchev–Trinajstić information content (AvgIpc) is 3.54. The zero-order valence-corrected chi connectivity index (χ0v) is 26.9. The van der Waals surface area contributed by atoms with Gasteiger partial charge in [0.2, 0.25) is 5.91 Å². The molecule has 2 fully saturated rings. The molecule has 256 valence electrons. The second kappa shape index (κ2) is 19.2. The van der Waals surface area contributed by atoms with Crippen molar-refractivity contribution in [1.82, 2.24) is 14.5 Å². The Morgan fingerprint density at radius 3 is 2.04 bits per heavy atom. The van der Waals surface area contributed by atoms with Crippen LogP contribution in [0.3, 0.4) is 0 Å². The summed E-state index contributed by atoms with van der Waals surface area (Å²) in [5.41, 5.74) is 4.26. The Balaban J connectivity index is 1.59. The fourth-order valence-corrected chi connectivity index (χ4v) is 6.34. The summed E-state index contributed by atoms with van der Waals surface area (Å²) < 4.78 is 18.1. The van der Waals surface area contributed by atoms with Gasteiger partial charge in [-0.05, 0) is 25.8 Å². The number of aliphatic hydroxyl groups excluding tert-OH is 2. The van der Waals surface area contributed by atoms with Crippen molar-refractivity contribution in [2.75, 3.05) is 13.7 Å². The second-order valence-corrected chi connectivity index (χ2v) is 12.2. The molecule has 3 heterocycles. The minimum atomic E-state index is -1.58. The van der Waals surface area contributed by atoms with Gasteiger partial charge in [-0.15, -0.1) is 0 Å². The molecule has 0 saturated carbocycles. The van der Waals surface area contributed by atoms with Crippen molar-refractivity contribution in [2.45, 2.75) is 153 Å². The molecule has 0 spiro atoms. The standard InChI is InChI=1S/C32H54N4O9/c1-3-4-5-6-7-8-9-10-11-12-13-14-15-17-23(38)36-24(18-16-20-33)44-28(25(36)31(41)43-2)29-26(39)27(40)30(45-29)35-21-19-22(37)34-32(35)42/h19,21,24-30,39-40H,3-18,20,33H2,1-2H3,(H,34,37,42)/t24-,25+,26?,27?,28+,29+,30-/m1/s1. The molecule has 45 heavy (non-hydrogen) atoms. The van der Waals surface area contributed by atoms with Gasteiger partial charge in [-0.1, -0.05) is 84.0 Å². The quantitative estimate of drug-likeness (QED) is 0.122. The molecule has 1 amide bonds. The predicted molar refractivity (Wildman–Crippen MR) is 167 cm³/mol. The Morgan fingerprint density at radius 1 is 0.889 bits per heavy atom. The number of aliphatic hydroxyl groups is 2. The highest BCUT2D eigenvalue weighted by atomic mass is 16.6. The van der Waals surface area contributed by atoms with Crippen LogP contribution in [0.1, 0.15) is 116 Å². The van der Waals surface area contributed by atoms with Crippen LogP contribution in [0.2, 0.25) is 0 Å². The number of ether oxygens (including phenoxy) is 3. The third kappa shape index (κ3) is 10.2. The van der Waals surface area contributed by atoms with Gasteiger partial charge in [0.05, 0.1) is 7.11 Å². The smallest absolute Gasteiger partial charge is 0.331 e. The highest BCUT2D eigenvalue weighted by Gasteiger charge is 2.58. The highest BCUT2D eigenvalue weighted by Crippen LogP contribution is 2.38. The lowest BCUT2D eigenvalue weighted by Gasteiger charge is -2.29. The summed E-state index contributed by atoms with van der Waals surface area (Å²) in [7, 11) is 1.20. The lowest BCUT2D eigenvalue weighted by atomic mass is 9.98. The molecule has 2 unspecified atom stereocenters. The summed E-state index contributed by atoms with van der Waals surface area (Å²) in [5.74, 6) is -1.02. The summed E-state index contributed by atoms with van der Waals surface area (Å²) in [4.78, 5) is 54.1. The fourth-order valence-electron chi connectivity index (χ4n) is 6.34. The van der Waals surface area contributed by atoms with E-state index in [0.29, 0.717) is 25.8 Å². The van der Waals surface area contributed by atoms with E-state index in [1.54, 1.807) is 0 Å². The monoisotopic (exact) mass is 638 g/mol. The Hall–Kier alpha value is -2.58. The average molecular weight is 639 g/mol. The number of unbranched alkanes of at least 4 members (excludes halogenated alkanes) is 12. The molecule has 3 rings (SSSR count). The summed E-state index contributed by atoms with van der Waals surface area (Å²) in [6.45, 7) is 2.57. The predicted octanol–water partition coefficient (Wildman–Crippen LogP) is 2.47. The zero-order valence-electron chi connectivity index (χ0n) is 26.9. The minimum Gasteiger partial charge on any atom is -0.467 e. The molecule has 13 nitrogen and oxygen atoms in total. The third-order valence-corrected chi connectivity index (χ3v) is 8.84. The number of hydrogen-bond donors (Lipinski definition) is 4. The van der Waals surface area contributed by atoms with Crippen molar-refractivity contribution in [1.29, 1.82) is 0 Å². The molecule has 1 aromatic rings. The topological polar surface area (TPSA) is 186 Å². The van der Waals surface area contributed by atoms with Crippen molar-refractivity contribution in [2.24, 2.45) is 5.73 Å². The molecule has 5 N–H and O–H groups in total. The first-order valence-electron chi connectivity index (χ1n) is 16.8. The van der Waals surface area contributed by atoms with Gasteiger partial charge in [0.25, 0.3) is 5.56 Å². The number of aromatic nitrogens is 2. The number of H-pyrrole nitrogens is 1. The molecule has 2 aliphatic heterocycles. The maximum absolute atomic E-state index is 13.6. The lowest BCUT2D eigenvalue weighted by Crippen LogP contribution is -2.52. The summed E-state index contributed by atoms with van der Waals surface area (Å²) in [6, 6.07) is -0.162. The van der Waals surface area contributed by atoms with Gasteiger partial charge in [0.1, 0.15) is 30.6 Å². The van der Waals surface area contributed by atoms with Crippen molar-refractivity contribution < 1.29 is 34.0 Å². The Kier molecular flexibility index (Phi) is 15.7. The fraction of sp³-hybridized carbons (Fsp3) is 0.812. The molecule has 0 radical (unpaired) electrons. The molecule has 0 aromatic carbocycles. The Morgan fingerprint density at radius 2 is 1.49 bits per heavy atom. The first kappa shape index (κ1) is 36.9. The Labute approximate surface area is 265 Å². The number of aromatic amines is 1. The van der Waals surface area contributed by atoms with Gasteiger partial charge < -0.3 is 35.1 Å². The van der Waals surface area contributed by atoms with Crippen LogP contribution in [0.15, 0.2) is 21.9 Å². The van der Waals surface area contributed by atoms with Crippen LogP contribution in [-0.4, -0.2) is 86.9 Å². The van der Waals surface area contributed by atoms with Crippen LogP contribution in [0, 0.1) is 0 Å². The van der Waals surface area contributed by atoms with Gasteiger partial charge in [-0.3, -0.25) is 19.1 Å². The van der Waals surface area contributed by atoms with Gasteiger partial charge in [-0.2, -0.15) is 0 Å². The van der Waals surface area contributed by atoms with Crippen LogP contribution in [0.5, 0.6) is 0 Å². The van der Waals surface area contributed by atoms with Crippen LogP contribution < -0.4 is 17.0 Å². The van der Waals surface area contributed by atoms with Crippen molar-refractivity contribution in [3.63, 3.8) is 0 Å². The molecule has 7 atom stereocenters. The molecule has 1 aromatic heterocycles. The largest absolute Gasteiger partial charge is 0.467 e. The van der Waals surface area contributed by atoms with Gasteiger partial charge in [0, 0.05) is 18.7 Å². The molecular formula is C32H54N4O9. The number of rotatable bonds is 20. The maximum atomic E-state index is 13.6. The van der Waals surface area contributed by atoms with E-state index >= 15 is 0 Å². The van der Waals surface area contributed by atoms with Gasteiger partial charge >= 0.3 is 11.7 Å². The van der Waals surface area contributed by atoms with Crippen LogP contribution in [-0.2, 0) is 23.8 Å². The summed E-state index contributed by atoms with van der Waals surface area (Å²) in [6.07, 6.45) is 9.73. The molecule has 2 saturated heterocycles. The van der Waals surface area contributed by atoms with Crippen molar-refractivity contribution in [3.8, 4) is 0 Å². The number of nitrogens with two attached hydrogens (primary N) is 1. The number of hydrogen-bond acceptors (Lipinski definition) is 10. The number of carbonyl (C=O) groups is 2. The van der Waals surface area contributed by atoms with E-state index < -0.39 is 60.1 Å². The normalized spacial score (nSPS) is 26.4. The first-order valence-corrected chi connectivity index (χ1v) is 16.8. The summed E-state index contributed by atoms with van der Waals surface area (Å²) in [5, 5.41) is 21.8. The maximum Gasteiger partial charge on any atom is 0.331 e. The lowest BCUT2D eigenvalue weighted by molar-refractivity contribution is -0.155. The van der Waals surface area contributed by atoms with E-state index in [-0.39, 0.29) is 12.3 Å². The van der Waals surface area contributed by atoms with Crippen LogP contribution >= 0.6 is 0 Å². The number of amides is 1. The zero-order chi connectivity index (χ0) is 32.8. The minimum absolute atomic E-state index is 0.215. The third-order valence-electron chi connectivity index (χ3n) is 8.84. The first-order chi connectivity index (χ1) is 21.7. The van der Waals surface area contributed by atoms with Gasteiger partial charge in [0.15, 0.2) is 12.3 Å². The molecule has 0 bridgehead atoms. The van der Waals surface area contributed by atoms with Crippen molar-refractivity contribution in [3.05, 3.63) is 33.1 Å². The van der Waals surface area contributed by atoms with E-state index in [2.05, 4.69) is 11.9 Å². The number of carbonyl (C=O) groups excluding carboxylic acids is 2. The SMILES string of the molecule is CCCCCCCCCCCCCCCC(=O)N1[C@H](C(=O)OC)[C@@H]([C@H]2O[C@@H](n3ccc(=O)[nH]c3=O)C(O)C2O)O[C@@H]1CCCN. The number of esters is 1. The molecule has 2 aliphatic rings. The van der Waals surface area contributed by atoms with Crippen molar-refractivity contribution >= 4 is 11.9 Å². The molecule has 13 heteroatoms. The van der Waals surface area contributed by atoms with Crippen LogP contribution in [0.25, 0.3) is 0 Å². The summed E-state index contributed by atoms with van der Waals surface area (Å²) >= 11 is 0. The van der Waals surface area contributed by atoms with E-state index in [4.69, 9.17) is 19.9 Å². The van der Waals surface area contributed by atoms with E-state index in [0.717, 1.165) is 36.1 Å². The number of nitrogens with one attached hydrogen (secondary N) is 1. The number of nitrogens with zero attached hydrogens (tertiary/aromatic N) is 2. The molecular weight excluding hydrogens is 584 g/mol. The number of methoxy groups -OCH3 is 1. The molecule has 0 aliphatic carbocycles. The second-order valence-electron chi connectivity index (χ2n) is 12.2. The van der Waals surface area contributed by atoms with E-state index in [1.807, 2.05) is 0 Å².